The summed E-state index contributed by atoms with van der Waals surface area (Å²) in [5.74, 6) is -1.17. The summed E-state index contributed by atoms with van der Waals surface area (Å²) in [7, 11) is 0. The lowest BCUT2D eigenvalue weighted by molar-refractivity contribution is -0.186. The van der Waals surface area contributed by atoms with Crippen molar-refractivity contribution in [3.8, 4) is 0 Å². The first-order valence-electron chi connectivity index (χ1n) is 12.5. The number of hydrogen-bond donors (Lipinski definition) is 1. The molecular formula is C28H39FO5. The lowest BCUT2D eigenvalue weighted by atomic mass is 9.40. The molecule has 3 fully saturated rings. The summed E-state index contributed by atoms with van der Waals surface area (Å²) in [6, 6.07) is 0. The molecule has 0 amide bonds. The highest BCUT2D eigenvalue weighted by Gasteiger charge is 2.70. The first-order valence-corrected chi connectivity index (χ1v) is 12.5. The number of aliphatic hydroxyl groups is 1. The van der Waals surface area contributed by atoms with Gasteiger partial charge in [0.2, 0.25) is 0 Å². The highest BCUT2D eigenvalue weighted by Crippen LogP contribution is 2.72. The molecule has 0 bridgehead atoms. The van der Waals surface area contributed by atoms with E-state index in [4.69, 9.17) is 4.74 Å². The SMILES string of the molecule is C[C@@H]1C[C@H]2[C@@H]3C[C@H](F)C4=CC(=O)C=C[C@]4(C)[C@@]3(C)[C@@H](O)C[C@]2(C)[C@H]1C(=O)COC(=O)C(C)(C)C. The third kappa shape index (κ3) is 3.38. The number of ketones is 2. The Morgan fingerprint density at radius 3 is 2.44 bits per heavy atom. The number of hydrogen-bond acceptors (Lipinski definition) is 5. The van der Waals surface area contributed by atoms with Crippen LogP contribution >= 0.6 is 0 Å². The zero-order chi connectivity index (χ0) is 25.4. The number of carbonyl (C=O) groups excluding carboxylic acids is 3. The second kappa shape index (κ2) is 7.84. The van der Waals surface area contributed by atoms with Crippen molar-refractivity contribution in [3.63, 3.8) is 0 Å². The van der Waals surface area contributed by atoms with Crippen molar-refractivity contribution >= 4 is 17.5 Å². The fourth-order valence-electron chi connectivity index (χ4n) is 8.10. The lowest BCUT2D eigenvalue weighted by Crippen LogP contribution is -2.64. The Bertz CT molecular complexity index is 976. The molecule has 4 aliphatic rings. The zero-order valence-corrected chi connectivity index (χ0v) is 21.5. The topological polar surface area (TPSA) is 80.7 Å². The van der Waals surface area contributed by atoms with Crippen LogP contribution in [0, 0.1) is 45.3 Å². The second-order valence-electron chi connectivity index (χ2n) is 12.9. The number of halogens is 1. The molecule has 0 saturated heterocycles. The van der Waals surface area contributed by atoms with Crippen molar-refractivity contribution < 1.29 is 28.6 Å². The van der Waals surface area contributed by atoms with E-state index in [-0.39, 0.29) is 48.3 Å². The highest BCUT2D eigenvalue weighted by molar-refractivity contribution is 6.01. The van der Waals surface area contributed by atoms with Gasteiger partial charge in [-0.25, -0.2) is 4.39 Å². The molecule has 0 aromatic carbocycles. The summed E-state index contributed by atoms with van der Waals surface area (Å²) < 4.78 is 21.0. The lowest BCUT2D eigenvalue weighted by Gasteiger charge is -2.65. The highest BCUT2D eigenvalue weighted by atomic mass is 19.1. The van der Waals surface area contributed by atoms with Crippen LogP contribution < -0.4 is 0 Å². The molecule has 4 rings (SSSR count). The van der Waals surface area contributed by atoms with Gasteiger partial charge < -0.3 is 9.84 Å². The van der Waals surface area contributed by atoms with Crippen LogP contribution in [0.4, 0.5) is 4.39 Å². The van der Waals surface area contributed by atoms with Crippen LogP contribution in [0.2, 0.25) is 0 Å². The minimum absolute atomic E-state index is 0.0386. The minimum atomic E-state index is -1.26. The number of carbonyl (C=O) groups is 3. The van der Waals surface area contributed by atoms with Gasteiger partial charge in [-0.1, -0.05) is 33.8 Å². The molecule has 0 spiro atoms. The summed E-state index contributed by atoms with van der Waals surface area (Å²) in [5.41, 5.74) is -2.16. The van der Waals surface area contributed by atoms with Gasteiger partial charge in [0.25, 0.3) is 0 Å². The third-order valence-corrected chi connectivity index (χ3v) is 10.0. The van der Waals surface area contributed by atoms with Gasteiger partial charge in [-0.2, -0.15) is 0 Å². The van der Waals surface area contributed by atoms with Gasteiger partial charge in [0.1, 0.15) is 12.8 Å². The van der Waals surface area contributed by atoms with E-state index in [9.17, 15) is 19.5 Å². The predicted molar refractivity (Wildman–Crippen MR) is 126 cm³/mol. The molecule has 0 aromatic rings. The maximum Gasteiger partial charge on any atom is 0.311 e. The number of ether oxygens (including phenoxy) is 1. The summed E-state index contributed by atoms with van der Waals surface area (Å²) >= 11 is 0. The molecule has 1 N–H and O–H groups in total. The van der Waals surface area contributed by atoms with Gasteiger partial charge in [-0.05, 0) is 80.9 Å². The molecule has 9 atom stereocenters. The number of allylic oxidation sites excluding steroid dienone is 4. The molecule has 0 aromatic heterocycles. The van der Waals surface area contributed by atoms with Crippen LogP contribution in [-0.4, -0.2) is 41.5 Å². The summed E-state index contributed by atoms with van der Waals surface area (Å²) in [6.07, 6.45) is 4.10. The molecule has 0 unspecified atom stereocenters. The van der Waals surface area contributed by atoms with Gasteiger partial charge in [-0.3, -0.25) is 14.4 Å². The molecule has 4 aliphatic carbocycles. The Hall–Kier alpha value is -1.82. The monoisotopic (exact) mass is 474 g/mol. The van der Waals surface area contributed by atoms with Gasteiger partial charge >= 0.3 is 5.97 Å². The normalized spacial score (nSPS) is 45.7. The smallest absolute Gasteiger partial charge is 0.311 e. The Balaban J connectivity index is 1.67. The van der Waals surface area contributed by atoms with Gasteiger partial charge in [-0.15, -0.1) is 0 Å². The van der Waals surface area contributed by atoms with E-state index in [0.717, 1.165) is 6.42 Å². The fourth-order valence-corrected chi connectivity index (χ4v) is 8.10. The number of fused-ring (bicyclic) bond motifs is 5. The quantitative estimate of drug-likeness (QED) is 0.604. The van der Waals surface area contributed by atoms with E-state index in [1.165, 1.54) is 12.2 Å². The zero-order valence-electron chi connectivity index (χ0n) is 21.5. The summed E-state index contributed by atoms with van der Waals surface area (Å²) in [6.45, 7) is 13.1. The van der Waals surface area contributed by atoms with Crippen LogP contribution in [0.25, 0.3) is 0 Å². The van der Waals surface area contributed by atoms with Crippen molar-refractivity contribution in [2.75, 3.05) is 6.61 Å². The standard InChI is InChI=1S/C28H39FO5/c1-15-10-17-18-12-20(29)19-11-16(30)8-9-27(19,6)28(18,7)22(32)13-26(17,5)23(15)21(31)14-34-24(33)25(2,3)4/h8-9,11,15,17-18,20,22-23,32H,10,12-14H2,1-7H3/t15-,17+,18+,20+,22+,23-,26+,27+,28-/m1/s1. The van der Waals surface area contributed by atoms with Gasteiger partial charge in [0, 0.05) is 16.7 Å². The average Bonchev–Trinajstić information content (AvgIpc) is 2.99. The maximum atomic E-state index is 15.6. The second-order valence-corrected chi connectivity index (χ2v) is 12.9. The molecule has 0 aliphatic heterocycles. The molecule has 6 heteroatoms. The number of rotatable bonds is 3. The fraction of sp³-hybridized carbons (Fsp3) is 0.750. The van der Waals surface area contributed by atoms with E-state index in [0.29, 0.717) is 12.0 Å². The van der Waals surface area contributed by atoms with Crippen molar-refractivity contribution in [1.82, 2.24) is 0 Å². The molecule has 0 radical (unpaired) electrons. The first kappa shape index (κ1) is 25.3. The molecular weight excluding hydrogens is 435 g/mol. The molecule has 3 saturated carbocycles. The summed E-state index contributed by atoms with van der Waals surface area (Å²) in [4.78, 5) is 37.7. The summed E-state index contributed by atoms with van der Waals surface area (Å²) in [5, 5.41) is 11.7. The van der Waals surface area contributed by atoms with E-state index in [1.54, 1.807) is 26.8 Å². The van der Waals surface area contributed by atoms with E-state index < -0.39 is 39.9 Å². The van der Waals surface area contributed by atoms with Crippen molar-refractivity contribution in [2.24, 2.45) is 45.3 Å². The van der Waals surface area contributed by atoms with Crippen LogP contribution in [0.1, 0.15) is 67.7 Å². The molecule has 34 heavy (non-hydrogen) atoms. The van der Waals surface area contributed by atoms with E-state index in [2.05, 4.69) is 6.92 Å². The van der Waals surface area contributed by atoms with Crippen molar-refractivity contribution in [3.05, 3.63) is 23.8 Å². The van der Waals surface area contributed by atoms with Crippen LogP contribution in [0.3, 0.4) is 0 Å². The van der Waals surface area contributed by atoms with Crippen LogP contribution in [0.5, 0.6) is 0 Å². The van der Waals surface area contributed by atoms with E-state index in [1.807, 2.05) is 20.8 Å². The molecule has 188 valence electrons. The Morgan fingerprint density at radius 1 is 1.18 bits per heavy atom. The maximum absolute atomic E-state index is 15.6. The average molecular weight is 475 g/mol. The Morgan fingerprint density at radius 2 is 1.82 bits per heavy atom. The number of esters is 1. The van der Waals surface area contributed by atoms with Gasteiger partial charge in [0.05, 0.1) is 11.5 Å². The van der Waals surface area contributed by atoms with Gasteiger partial charge in [0.15, 0.2) is 11.6 Å². The first-order chi connectivity index (χ1) is 15.6. The van der Waals surface area contributed by atoms with Crippen molar-refractivity contribution in [2.45, 2.75) is 80.0 Å². The predicted octanol–water partition coefficient (Wildman–Crippen LogP) is 4.62. The molecule has 5 nitrogen and oxygen atoms in total. The Labute approximate surface area is 202 Å². The number of alkyl halides is 1. The molecule has 0 heterocycles. The Kier molecular flexibility index (Phi) is 5.83. The number of aliphatic hydroxyl groups excluding tert-OH is 1. The van der Waals surface area contributed by atoms with Crippen LogP contribution in [0.15, 0.2) is 23.8 Å². The number of Topliss-reactive ketones (excluding diaryl/α,β-unsaturated/α-hetero) is 1. The largest absolute Gasteiger partial charge is 0.457 e. The third-order valence-electron chi connectivity index (χ3n) is 10.0. The van der Waals surface area contributed by atoms with Crippen molar-refractivity contribution in [1.29, 1.82) is 0 Å². The van der Waals surface area contributed by atoms with E-state index >= 15 is 4.39 Å². The van der Waals surface area contributed by atoms with Crippen LogP contribution in [-0.2, 0) is 19.1 Å². The minimum Gasteiger partial charge on any atom is -0.457 e.